The summed E-state index contributed by atoms with van der Waals surface area (Å²) in [5.74, 6) is 0.648. The van der Waals surface area contributed by atoms with Crippen LogP contribution in [0.5, 0.6) is 5.75 Å². The van der Waals surface area contributed by atoms with Gasteiger partial charge in [-0.05, 0) is 25.1 Å². The summed E-state index contributed by atoms with van der Waals surface area (Å²) in [6.07, 6.45) is 3.23. The van der Waals surface area contributed by atoms with E-state index in [1.54, 1.807) is 25.6 Å². The van der Waals surface area contributed by atoms with E-state index in [1.807, 2.05) is 19.1 Å². The first-order chi connectivity index (χ1) is 8.26. The van der Waals surface area contributed by atoms with Crippen LogP contribution in [0.4, 0.5) is 0 Å². The molecular formula is C13H11N3O. The first-order valence-electron chi connectivity index (χ1n) is 5.12. The van der Waals surface area contributed by atoms with Crippen LogP contribution in [0.25, 0.3) is 11.3 Å². The number of hydrogen-bond donors (Lipinski definition) is 0. The predicted octanol–water partition coefficient (Wildman–Crippen LogP) is 2.33. The van der Waals surface area contributed by atoms with E-state index in [0.717, 1.165) is 11.3 Å². The van der Waals surface area contributed by atoms with Gasteiger partial charge in [0.2, 0.25) is 0 Å². The molecule has 0 aromatic carbocycles. The predicted molar refractivity (Wildman–Crippen MR) is 63.5 cm³/mol. The minimum absolute atomic E-state index is 0.493. The molecule has 0 saturated carbocycles. The molecular weight excluding hydrogens is 214 g/mol. The Morgan fingerprint density at radius 3 is 2.88 bits per heavy atom. The van der Waals surface area contributed by atoms with Crippen LogP contribution < -0.4 is 4.74 Å². The topological polar surface area (TPSA) is 58.8 Å². The summed E-state index contributed by atoms with van der Waals surface area (Å²) in [6.45, 7) is 1.88. The Labute approximate surface area is 99.5 Å². The number of hydrogen-bond acceptors (Lipinski definition) is 4. The lowest BCUT2D eigenvalue weighted by atomic mass is 10.1. The third-order valence-corrected chi connectivity index (χ3v) is 2.41. The molecule has 4 heteroatoms. The van der Waals surface area contributed by atoms with Crippen LogP contribution >= 0.6 is 0 Å². The Morgan fingerprint density at radius 2 is 2.18 bits per heavy atom. The van der Waals surface area contributed by atoms with E-state index < -0.39 is 0 Å². The lowest BCUT2D eigenvalue weighted by Crippen LogP contribution is -1.95. The lowest BCUT2D eigenvalue weighted by molar-refractivity contribution is 0.415. The Balaban J connectivity index is 2.68. The van der Waals surface area contributed by atoms with Gasteiger partial charge in [0.25, 0.3) is 0 Å². The van der Waals surface area contributed by atoms with Crippen molar-refractivity contribution >= 4 is 0 Å². The molecule has 0 fully saturated rings. The van der Waals surface area contributed by atoms with Gasteiger partial charge in [-0.1, -0.05) is 0 Å². The maximum atomic E-state index is 9.08. The van der Waals surface area contributed by atoms with Crippen LogP contribution in [0.1, 0.15) is 11.3 Å². The van der Waals surface area contributed by atoms with Gasteiger partial charge in [-0.25, -0.2) is 0 Å². The summed E-state index contributed by atoms with van der Waals surface area (Å²) in [7, 11) is 1.58. The van der Waals surface area contributed by atoms with Crippen LogP contribution in [-0.4, -0.2) is 17.1 Å². The highest BCUT2D eigenvalue weighted by Crippen LogP contribution is 2.29. The van der Waals surface area contributed by atoms with Gasteiger partial charge in [0.15, 0.2) is 0 Å². The molecule has 0 bridgehead atoms. The van der Waals surface area contributed by atoms with Crippen LogP contribution in [0.2, 0.25) is 0 Å². The Morgan fingerprint density at radius 1 is 1.35 bits per heavy atom. The second-order valence-corrected chi connectivity index (χ2v) is 3.54. The Kier molecular flexibility index (Phi) is 3.01. The molecule has 0 unspecified atom stereocenters. The Hall–Kier alpha value is -2.41. The summed E-state index contributed by atoms with van der Waals surface area (Å²) < 4.78 is 5.25. The summed E-state index contributed by atoms with van der Waals surface area (Å²) in [5, 5.41) is 9.08. The number of methoxy groups -OCH3 is 1. The quantitative estimate of drug-likeness (QED) is 0.787. The minimum atomic E-state index is 0.493. The maximum absolute atomic E-state index is 9.08. The van der Waals surface area contributed by atoms with Gasteiger partial charge in [0, 0.05) is 23.7 Å². The smallest absolute Gasteiger partial charge is 0.145 e. The summed E-state index contributed by atoms with van der Waals surface area (Å²) >= 11 is 0. The standard InChI is InChI=1S/C13H11N3O/c1-9-6-11(10(7-14)8-16-9)13-12(17-2)4-3-5-15-13/h3-6,8H,1-2H3. The molecule has 17 heavy (non-hydrogen) atoms. The summed E-state index contributed by atoms with van der Waals surface area (Å²) in [4.78, 5) is 8.37. The molecule has 2 rings (SSSR count). The SMILES string of the molecule is COc1cccnc1-c1cc(C)ncc1C#N. The fraction of sp³-hybridized carbons (Fsp3) is 0.154. The van der Waals surface area contributed by atoms with E-state index in [0.29, 0.717) is 17.0 Å². The van der Waals surface area contributed by atoms with Crippen molar-refractivity contribution in [1.29, 1.82) is 5.26 Å². The molecule has 0 aliphatic rings. The van der Waals surface area contributed by atoms with Crippen LogP contribution in [0, 0.1) is 18.3 Å². The van der Waals surface area contributed by atoms with Gasteiger partial charge in [-0.15, -0.1) is 0 Å². The zero-order valence-corrected chi connectivity index (χ0v) is 9.64. The van der Waals surface area contributed by atoms with E-state index >= 15 is 0 Å². The molecule has 0 saturated heterocycles. The molecule has 0 amide bonds. The first-order valence-corrected chi connectivity index (χ1v) is 5.12. The van der Waals surface area contributed by atoms with Crippen LogP contribution in [0.3, 0.4) is 0 Å². The molecule has 2 aromatic heterocycles. The number of aryl methyl sites for hydroxylation is 1. The monoisotopic (exact) mass is 225 g/mol. The van der Waals surface area contributed by atoms with E-state index in [2.05, 4.69) is 16.0 Å². The van der Waals surface area contributed by atoms with Gasteiger partial charge >= 0.3 is 0 Å². The lowest BCUT2D eigenvalue weighted by Gasteiger charge is -2.08. The van der Waals surface area contributed by atoms with E-state index in [-0.39, 0.29) is 0 Å². The molecule has 0 aliphatic heterocycles. The van der Waals surface area contributed by atoms with Gasteiger partial charge < -0.3 is 4.74 Å². The summed E-state index contributed by atoms with van der Waals surface area (Å²) in [6, 6.07) is 7.56. The van der Waals surface area contributed by atoms with Gasteiger partial charge in [0.1, 0.15) is 17.5 Å². The number of nitriles is 1. The average molecular weight is 225 g/mol. The number of pyridine rings is 2. The largest absolute Gasteiger partial charge is 0.494 e. The maximum Gasteiger partial charge on any atom is 0.145 e. The molecule has 2 aromatic rings. The summed E-state index contributed by atoms with van der Waals surface area (Å²) in [5.41, 5.74) is 2.74. The third-order valence-electron chi connectivity index (χ3n) is 2.41. The van der Waals surface area contributed by atoms with Gasteiger partial charge in [-0.2, -0.15) is 5.26 Å². The van der Waals surface area contributed by atoms with Crippen molar-refractivity contribution in [2.24, 2.45) is 0 Å². The van der Waals surface area contributed by atoms with Crippen molar-refractivity contribution < 1.29 is 4.74 Å². The van der Waals surface area contributed by atoms with Crippen LogP contribution in [-0.2, 0) is 0 Å². The number of rotatable bonds is 2. The van der Waals surface area contributed by atoms with E-state index in [1.165, 1.54) is 0 Å². The van der Waals surface area contributed by atoms with E-state index in [9.17, 15) is 0 Å². The van der Waals surface area contributed by atoms with Crippen molar-refractivity contribution in [3.05, 3.63) is 41.9 Å². The minimum Gasteiger partial charge on any atom is -0.494 e. The molecule has 0 N–H and O–H groups in total. The van der Waals surface area contributed by atoms with Crippen molar-refractivity contribution in [2.45, 2.75) is 6.92 Å². The number of ether oxygens (including phenoxy) is 1. The van der Waals surface area contributed by atoms with Crippen LogP contribution in [0.15, 0.2) is 30.6 Å². The zero-order chi connectivity index (χ0) is 12.3. The second kappa shape index (κ2) is 4.62. The Bertz CT molecular complexity index is 587. The number of aromatic nitrogens is 2. The van der Waals surface area contributed by atoms with Crippen molar-refractivity contribution in [2.75, 3.05) is 7.11 Å². The molecule has 2 heterocycles. The molecule has 0 aliphatic carbocycles. The van der Waals surface area contributed by atoms with E-state index in [4.69, 9.17) is 10.00 Å². The van der Waals surface area contributed by atoms with Crippen molar-refractivity contribution in [3.63, 3.8) is 0 Å². The highest BCUT2D eigenvalue weighted by molar-refractivity contribution is 5.72. The molecule has 84 valence electrons. The number of nitrogens with zero attached hydrogens (tertiary/aromatic N) is 3. The van der Waals surface area contributed by atoms with Gasteiger partial charge in [-0.3, -0.25) is 9.97 Å². The molecule has 4 nitrogen and oxygen atoms in total. The first kappa shape index (κ1) is 11.1. The fourth-order valence-electron chi connectivity index (χ4n) is 1.60. The fourth-order valence-corrected chi connectivity index (χ4v) is 1.60. The molecule has 0 atom stereocenters. The second-order valence-electron chi connectivity index (χ2n) is 3.54. The average Bonchev–Trinajstić information content (AvgIpc) is 2.38. The zero-order valence-electron chi connectivity index (χ0n) is 9.64. The highest BCUT2D eigenvalue weighted by Gasteiger charge is 2.11. The van der Waals surface area contributed by atoms with Gasteiger partial charge in [0.05, 0.1) is 12.7 Å². The third kappa shape index (κ3) is 2.08. The van der Waals surface area contributed by atoms with Crippen molar-refractivity contribution in [3.8, 4) is 23.1 Å². The molecule has 0 spiro atoms. The van der Waals surface area contributed by atoms with Crippen molar-refractivity contribution in [1.82, 2.24) is 9.97 Å². The molecule has 0 radical (unpaired) electrons. The highest BCUT2D eigenvalue weighted by atomic mass is 16.5. The normalized spacial score (nSPS) is 9.71.